The van der Waals surface area contributed by atoms with Gasteiger partial charge in [0.25, 0.3) is 0 Å². The fourth-order valence-corrected chi connectivity index (χ4v) is 2.48. The molecule has 1 fully saturated rings. The molecule has 1 unspecified atom stereocenters. The van der Waals surface area contributed by atoms with E-state index in [9.17, 15) is 4.79 Å². The molecule has 23 heavy (non-hydrogen) atoms. The molecule has 0 bridgehead atoms. The number of benzene rings is 1. The number of carbonyl (C=O) groups excluding carboxylic acids is 1. The van der Waals surface area contributed by atoms with Gasteiger partial charge in [-0.25, -0.2) is 4.99 Å². The van der Waals surface area contributed by atoms with E-state index in [-0.39, 0.29) is 12.0 Å². The highest BCUT2D eigenvalue weighted by Gasteiger charge is 2.15. The van der Waals surface area contributed by atoms with E-state index in [2.05, 4.69) is 20.9 Å². The van der Waals surface area contributed by atoms with Gasteiger partial charge in [-0.15, -0.1) is 0 Å². The van der Waals surface area contributed by atoms with Crippen LogP contribution >= 0.6 is 0 Å². The zero-order valence-electron chi connectivity index (χ0n) is 13.9. The lowest BCUT2D eigenvalue weighted by atomic mass is 10.2. The minimum Gasteiger partial charge on any atom is -0.376 e. The summed E-state index contributed by atoms with van der Waals surface area (Å²) in [6.45, 7) is 6.54. The van der Waals surface area contributed by atoms with Crippen LogP contribution in [0.2, 0.25) is 0 Å². The Morgan fingerprint density at radius 3 is 2.96 bits per heavy atom. The van der Waals surface area contributed by atoms with Gasteiger partial charge in [0, 0.05) is 32.3 Å². The molecule has 6 nitrogen and oxygen atoms in total. The zero-order chi connectivity index (χ0) is 16.5. The molecule has 0 saturated carbocycles. The Hall–Kier alpha value is -2.08. The average molecular weight is 318 g/mol. The molecule has 1 aromatic carbocycles. The molecule has 0 radical (unpaired) electrons. The van der Waals surface area contributed by atoms with Gasteiger partial charge in [-0.3, -0.25) is 4.79 Å². The molecule has 1 atom stereocenters. The third-order valence-corrected chi connectivity index (χ3v) is 3.53. The molecule has 0 spiro atoms. The van der Waals surface area contributed by atoms with Gasteiger partial charge in [0.15, 0.2) is 5.96 Å². The number of nitrogens with one attached hydrogen (secondary N) is 3. The summed E-state index contributed by atoms with van der Waals surface area (Å²) < 4.78 is 5.61. The van der Waals surface area contributed by atoms with Crippen LogP contribution in [0.3, 0.4) is 0 Å². The van der Waals surface area contributed by atoms with Crippen LogP contribution in [0.5, 0.6) is 0 Å². The number of ether oxygens (including phenoxy) is 1. The van der Waals surface area contributed by atoms with E-state index in [1.165, 1.54) is 6.92 Å². The largest absolute Gasteiger partial charge is 0.376 e. The molecule has 1 aliphatic heterocycles. The summed E-state index contributed by atoms with van der Waals surface area (Å²) >= 11 is 0. The van der Waals surface area contributed by atoms with Crippen LogP contribution in [0.4, 0.5) is 5.69 Å². The van der Waals surface area contributed by atoms with E-state index in [1.807, 2.05) is 31.2 Å². The quantitative estimate of drug-likeness (QED) is 0.553. The number of amides is 1. The predicted molar refractivity (Wildman–Crippen MR) is 92.5 cm³/mol. The molecule has 1 saturated heterocycles. The molecule has 1 amide bonds. The maximum absolute atomic E-state index is 11.1. The first-order valence-electron chi connectivity index (χ1n) is 8.17. The Bertz CT molecular complexity index is 539. The topological polar surface area (TPSA) is 74.8 Å². The smallest absolute Gasteiger partial charge is 0.221 e. The highest BCUT2D eigenvalue weighted by Crippen LogP contribution is 2.12. The van der Waals surface area contributed by atoms with Crippen LogP contribution in [0.25, 0.3) is 0 Å². The third kappa shape index (κ3) is 6.28. The standard InChI is InChI=1S/C17H26N4O2/c1-3-18-17(20-12-16-8-5-9-23-16)19-11-14-6-4-7-15(10-14)21-13(2)22/h4,6-7,10,16H,3,5,8-9,11-12H2,1-2H3,(H,21,22)(H2,18,19,20). The lowest BCUT2D eigenvalue weighted by Gasteiger charge is -2.14. The van der Waals surface area contributed by atoms with Gasteiger partial charge in [0.05, 0.1) is 12.6 Å². The Morgan fingerprint density at radius 2 is 2.26 bits per heavy atom. The zero-order valence-corrected chi connectivity index (χ0v) is 13.9. The Balaban J connectivity index is 1.91. The van der Waals surface area contributed by atoms with Crippen molar-refractivity contribution in [3.63, 3.8) is 0 Å². The van der Waals surface area contributed by atoms with Crippen molar-refractivity contribution in [2.75, 3.05) is 25.0 Å². The first-order chi connectivity index (χ1) is 11.2. The van der Waals surface area contributed by atoms with Crippen molar-refractivity contribution in [2.45, 2.75) is 39.3 Å². The van der Waals surface area contributed by atoms with Crippen molar-refractivity contribution in [2.24, 2.45) is 4.99 Å². The van der Waals surface area contributed by atoms with Crippen molar-refractivity contribution in [3.05, 3.63) is 29.8 Å². The van der Waals surface area contributed by atoms with Crippen molar-refractivity contribution < 1.29 is 9.53 Å². The van der Waals surface area contributed by atoms with Crippen LogP contribution in [0.1, 0.15) is 32.3 Å². The van der Waals surface area contributed by atoms with Crippen LogP contribution in [0, 0.1) is 0 Å². The summed E-state index contributed by atoms with van der Waals surface area (Å²) in [6, 6.07) is 7.73. The number of carbonyl (C=O) groups is 1. The Labute approximate surface area is 137 Å². The average Bonchev–Trinajstić information content (AvgIpc) is 3.03. The van der Waals surface area contributed by atoms with Gasteiger partial charge in [0.2, 0.25) is 5.91 Å². The van der Waals surface area contributed by atoms with E-state index in [0.29, 0.717) is 6.54 Å². The monoisotopic (exact) mass is 318 g/mol. The molecule has 126 valence electrons. The van der Waals surface area contributed by atoms with Gasteiger partial charge in [-0.05, 0) is 37.5 Å². The van der Waals surface area contributed by atoms with Crippen molar-refractivity contribution in [3.8, 4) is 0 Å². The van der Waals surface area contributed by atoms with Crippen molar-refractivity contribution in [1.82, 2.24) is 10.6 Å². The molecule has 0 aliphatic carbocycles. The summed E-state index contributed by atoms with van der Waals surface area (Å²) in [7, 11) is 0. The van der Waals surface area contributed by atoms with Gasteiger partial charge < -0.3 is 20.7 Å². The summed E-state index contributed by atoms with van der Waals surface area (Å²) in [6.07, 6.45) is 2.52. The van der Waals surface area contributed by atoms with E-state index < -0.39 is 0 Å². The normalized spacial score (nSPS) is 17.8. The molecule has 0 aromatic heterocycles. The number of rotatable bonds is 6. The molecular weight excluding hydrogens is 292 g/mol. The molecule has 1 aliphatic rings. The molecular formula is C17H26N4O2. The second-order valence-corrected chi connectivity index (χ2v) is 5.59. The van der Waals surface area contributed by atoms with Crippen LogP contribution in [-0.4, -0.2) is 37.7 Å². The third-order valence-electron chi connectivity index (χ3n) is 3.53. The van der Waals surface area contributed by atoms with Crippen molar-refractivity contribution in [1.29, 1.82) is 0 Å². The number of hydrogen-bond donors (Lipinski definition) is 3. The number of anilines is 1. The first-order valence-corrected chi connectivity index (χ1v) is 8.17. The maximum atomic E-state index is 11.1. The maximum Gasteiger partial charge on any atom is 0.221 e. The fourth-order valence-electron chi connectivity index (χ4n) is 2.48. The van der Waals surface area contributed by atoms with E-state index in [0.717, 1.165) is 49.7 Å². The lowest BCUT2D eigenvalue weighted by Crippen LogP contribution is -2.41. The molecule has 3 N–H and O–H groups in total. The summed E-state index contributed by atoms with van der Waals surface area (Å²) in [5.74, 6) is 0.713. The lowest BCUT2D eigenvalue weighted by molar-refractivity contribution is -0.114. The SMILES string of the molecule is CCNC(=NCc1cccc(NC(C)=O)c1)NCC1CCCO1. The van der Waals surface area contributed by atoms with Gasteiger partial charge >= 0.3 is 0 Å². The predicted octanol–water partition coefficient (Wildman–Crippen LogP) is 1.88. The highest BCUT2D eigenvalue weighted by molar-refractivity contribution is 5.88. The second-order valence-electron chi connectivity index (χ2n) is 5.59. The van der Waals surface area contributed by atoms with Crippen LogP contribution in [-0.2, 0) is 16.1 Å². The number of nitrogens with zero attached hydrogens (tertiary/aromatic N) is 1. The van der Waals surface area contributed by atoms with Gasteiger partial charge in [0.1, 0.15) is 0 Å². The van der Waals surface area contributed by atoms with Gasteiger partial charge in [-0.1, -0.05) is 12.1 Å². The minimum atomic E-state index is -0.0720. The fraction of sp³-hybridized carbons (Fsp3) is 0.529. The van der Waals surface area contributed by atoms with Crippen molar-refractivity contribution >= 4 is 17.6 Å². The Morgan fingerprint density at radius 1 is 1.39 bits per heavy atom. The number of aliphatic imine (C=N–C) groups is 1. The molecule has 2 rings (SSSR count). The van der Waals surface area contributed by atoms with Gasteiger partial charge in [-0.2, -0.15) is 0 Å². The molecule has 6 heteroatoms. The summed E-state index contributed by atoms with van der Waals surface area (Å²) in [5, 5.41) is 9.35. The summed E-state index contributed by atoms with van der Waals surface area (Å²) in [5.41, 5.74) is 1.84. The first kappa shape index (κ1) is 17.3. The van der Waals surface area contributed by atoms with Crippen LogP contribution in [0.15, 0.2) is 29.3 Å². The second kappa shape index (κ2) is 9.15. The van der Waals surface area contributed by atoms with Crippen LogP contribution < -0.4 is 16.0 Å². The minimum absolute atomic E-state index is 0.0720. The Kier molecular flexibility index (Phi) is 6.87. The number of guanidine groups is 1. The molecule has 1 heterocycles. The highest BCUT2D eigenvalue weighted by atomic mass is 16.5. The van der Waals surface area contributed by atoms with E-state index >= 15 is 0 Å². The molecule has 1 aromatic rings. The number of hydrogen-bond acceptors (Lipinski definition) is 3. The van der Waals surface area contributed by atoms with E-state index in [4.69, 9.17) is 4.74 Å². The van der Waals surface area contributed by atoms with E-state index in [1.54, 1.807) is 0 Å². The summed E-state index contributed by atoms with van der Waals surface area (Å²) in [4.78, 5) is 15.7.